The van der Waals surface area contributed by atoms with E-state index in [9.17, 15) is 0 Å². The van der Waals surface area contributed by atoms with Crippen LogP contribution in [0.15, 0.2) is 0 Å². The van der Waals surface area contributed by atoms with Gasteiger partial charge in [0.25, 0.3) is 0 Å². The van der Waals surface area contributed by atoms with E-state index in [1.165, 1.54) is 32.5 Å². The van der Waals surface area contributed by atoms with Gasteiger partial charge in [-0.05, 0) is 43.1 Å². The highest BCUT2D eigenvalue weighted by Crippen LogP contribution is 2.42. The number of rotatable bonds is 3. The first-order valence-electron chi connectivity index (χ1n) is 7.33. The molecule has 0 radical (unpaired) electrons. The summed E-state index contributed by atoms with van der Waals surface area (Å²) in [5.41, 5.74) is 0.483. The first-order chi connectivity index (χ1) is 7.94. The molecule has 0 aromatic rings. The molecule has 1 aliphatic heterocycles. The third kappa shape index (κ3) is 2.68. The minimum Gasteiger partial charge on any atom is -0.316 e. The minimum absolute atomic E-state index is 0.483. The summed E-state index contributed by atoms with van der Waals surface area (Å²) in [6, 6.07) is 0.703. The van der Waals surface area contributed by atoms with Crippen LogP contribution in [-0.2, 0) is 0 Å². The highest BCUT2D eigenvalue weighted by molar-refractivity contribution is 4.97. The molecule has 2 rings (SSSR count). The molecule has 0 spiro atoms. The zero-order valence-corrected chi connectivity index (χ0v) is 12.3. The summed E-state index contributed by atoms with van der Waals surface area (Å²) < 4.78 is 0. The van der Waals surface area contributed by atoms with Crippen molar-refractivity contribution in [3.8, 4) is 0 Å². The Hall–Kier alpha value is -0.0800. The Morgan fingerprint density at radius 3 is 2.29 bits per heavy atom. The first kappa shape index (κ1) is 13.4. The van der Waals surface area contributed by atoms with Crippen LogP contribution in [0.1, 0.15) is 40.5 Å². The van der Waals surface area contributed by atoms with Crippen molar-refractivity contribution in [3.63, 3.8) is 0 Å². The van der Waals surface area contributed by atoms with E-state index >= 15 is 0 Å². The maximum Gasteiger partial charge on any atom is 0.0156 e. The Balaban J connectivity index is 1.92. The Labute approximate surface area is 107 Å². The lowest BCUT2D eigenvalue weighted by molar-refractivity contribution is 0.207. The van der Waals surface area contributed by atoms with Crippen molar-refractivity contribution in [2.75, 3.05) is 26.7 Å². The van der Waals surface area contributed by atoms with Crippen LogP contribution >= 0.6 is 0 Å². The second-order valence-corrected chi connectivity index (χ2v) is 7.23. The van der Waals surface area contributed by atoms with E-state index in [4.69, 9.17) is 0 Å². The molecule has 1 heterocycles. The minimum atomic E-state index is 0.483. The maximum absolute atomic E-state index is 3.57. The summed E-state index contributed by atoms with van der Waals surface area (Å²) in [6.07, 6.45) is 2.78. The monoisotopic (exact) mass is 238 g/mol. The van der Waals surface area contributed by atoms with Gasteiger partial charge < -0.3 is 10.2 Å². The summed E-state index contributed by atoms with van der Waals surface area (Å²) in [6.45, 7) is 13.6. The van der Waals surface area contributed by atoms with Gasteiger partial charge in [0.05, 0.1) is 0 Å². The van der Waals surface area contributed by atoms with Crippen LogP contribution in [-0.4, -0.2) is 37.6 Å². The van der Waals surface area contributed by atoms with Gasteiger partial charge in [-0.2, -0.15) is 0 Å². The van der Waals surface area contributed by atoms with Crippen molar-refractivity contribution in [2.45, 2.75) is 46.6 Å². The second kappa shape index (κ2) is 4.89. The molecule has 1 saturated heterocycles. The molecule has 17 heavy (non-hydrogen) atoms. The fraction of sp³-hybridized carbons (Fsp3) is 1.00. The molecule has 0 amide bonds. The van der Waals surface area contributed by atoms with Crippen molar-refractivity contribution >= 4 is 0 Å². The highest BCUT2D eigenvalue weighted by atomic mass is 15.2. The molecule has 4 atom stereocenters. The van der Waals surface area contributed by atoms with Gasteiger partial charge in [0.2, 0.25) is 0 Å². The SMILES string of the molecule is CNC1C(CN2CC(C)C(C)C2)CCC1(C)C. The normalized spacial score (nSPS) is 42.2. The van der Waals surface area contributed by atoms with E-state index in [-0.39, 0.29) is 0 Å². The standard InChI is InChI=1S/C15H30N2/c1-11-8-17(9-12(11)2)10-13-6-7-15(3,4)14(13)16-5/h11-14,16H,6-10H2,1-5H3. The number of hydrogen-bond donors (Lipinski definition) is 1. The van der Waals surface area contributed by atoms with Gasteiger partial charge >= 0.3 is 0 Å². The number of nitrogens with zero attached hydrogens (tertiary/aromatic N) is 1. The van der Waals surface area contributed by atoms with E-state index in [1.807, 2.05) is 0 Å². The maximum atomic E-state index is 3.57. The molecule has 1 saturated carbocycles. The third-order valence-electron chi connectivity index (χ3n) is 5.34. The third-order valence-corrected chi connectivity index (χ3v) is 5.34. The molecule has 2 fully saturated rings. The van der Waals surface area contributed by atoms with Crippen molar-refractivity contribution in [1.29, 1.82) is 0 Å². The predicted molar refractivity (Wildman–Crippen MR) is 74.1 cm³/mol. The van der Waals surface area contributed by atoms with Crippen LogP contribution in [0.25, 0.3) is 0 Å². The van der Waals surface area contributed by atoms with Crippen molar-refractivity contribution in [3.05, 3.63) is 0 Å². The molecule has 4 unspecified atom stereocenters. The quantitative estimate of drug-likeness (QED) is 0.813. The van der Waals surface area contributed by atoms with Gasteiger partial charge in [-0.15, -0.1) is 0 Å². The summed E-state index contributed by atoms with van der Waals surface area (Å²) >= 11 is 0. The lowest BCUT2D eigenvalue weighted by Gasteiger charge is -2.32. The van der Waals surface area contributed by atoms with E-state index < -0.39 is 0 Å². The first-order valence-corrected chi connectivity index (χ1v) is 7.33. The average Bonchev–Trinajstić information content (AvgIpc) is 2.69. The molecule has 0 aromatic heterocycles. The number of hydrogen-bond acceptors (Lipinski definition) is 2. The summed E-state index contributed by atoms with van der Waals surface area (Å²) in [7, 11) is 2.14. The fourth-order valence-corrected chi connectivity index (χ4v) is 4.07. The zero-order chi connectivity index (χ0) is 12.6. The van der Waals surface area contributed by atoms with Crippen LogP contribution < -0.4 is 5.32 Å². The van der Waals surface area contributed by atoms with Crippen LogP contribution in [0.3, 0.4) is 0 Å². The van der Waals surface area contributed by atoms with Gasteiger partial charge in [-0.1, -0.05) is 27.7 Å². The molecule has 2 heteroatoms. The summed E-state index contributed by atoms with van der Waals surface area (Å²) in [5.74, 6) is 2.63. The van der Waals surface area contributed by atoms with Gasteiger partial charge in [0.15, 0.2) is 0 Å². The molecule has 1 N–H and O–H groups in total. The van der Waals surface area contributed by atoms with Crippen LogP contribution in [0.5, 0.6) is 0 Å². The largest absolute Gasteiger partial charge is 0.316 e. The number of likely N-dealkylation sites (tertiary alicyclic amines) is 1. The molecule has 1 aliphatic carbocycles. The smallest absolute Gasteiger partial charge is 0.0156 e. The topological polar surface area (TPSA) is 15.3 Å². The zero-order valence-electron chi connectivity index (χ0n) is 12.3. The highest BCUT2D eigenvalue weighted by Gasteiger charge is 2.42. The molecule has 2 nitrogen and oxygen atoms in total. The lowest BCUT2D eigenvalue weighted by atomic mass is 9.85. The van der Waals surface area contributed by atoms with E-state index in [1.54, 1.807) is 0 Å². The van der Waals surface area contributed by atoms with Crippen molar-refractivity contribution in [1.82, 2.24) is 10.2 Å². The van der Waals surface area contributed by atoms with E-state index in [0.717, 1.165) is 17.8 Å². The Bertz CT molecular complexity index is 252. The summed E-state index contributed by atoms with van der Waals surface area (Å²) in [4.78, 5) is 2.70. The van der Waals surface area contributed by atoms with Gasteiger partial charge in [0, 0.05) is 25.7 Å². The molecule has 0 aromatic carbocycles. The molecule has 0 bridgehead atoms. The molecular formula is C15H30N2. The van der Waals surface area contributed by atoms with Crippen molar-refractivity contribution < 1.29 is 0 Å². The van der Waals surface area contributed by atoms with Crippen LogP contribution in [0.4, 0.5) is 0 Å². The molecule has 100 valence electrons. The van der Waals surface area contributed by atoms with Gasteiger partial charge in [-0.3, -0.25) is 0 Å². The fourth-order valence-electron chi connectivity index (χ4n) is 4.07. The Morgan fingerprint density at radius 1 is 1.18 bits per heavy atom. The predicted octanol–water partition coefficient (Wildman–Crippen LogP) is 2.60. The average molecular weight is 238 g/mol. The van der Waals surface area contributed by atoms with Gasteiger partial charge in [0.1, 0.15) is 0 Å². The van der Waals surface area contributed by atoms with Crippen LogP contribution in [0, 0.1) is 23.2 Å². The Morgan fingerprint density at radius 2 is 1.76 bits per heavy atom. The van der Waals surface area contributed by atoms with Crippen molar-refractivity contribution in [2.24, 2.45) is 23.2 Å². The van der Waals surface area contributed by atoms with Crippen LogP contribution in [0.2, 0.25) is 0 Å². The summed E-state index contributed by atoms with van der Waals surface area (Å²) in [5, 5.41) is 3.57. The number of nitrogens with one attached hydrogen (secondary N) is 1. The Kier molecular flexibility index (Phi) is 3.84. The second-order valence-electron chi connectivity index (χ2n) is 7.23. The molecular weight excluding hydrogens is 208 g/mol. The molecule has 2 aliphatic rings. The van der Waals surface area contributed by atoms with E-state index in [2.05, 4.69) is 45.0 Å². The van der Waals surface area contributed by atoms with Gasteiger partial charge in [-0.25, -0.2) is 0 Å². The van der Waals surface area contributed by atoms with E-state index in [0.29, 0.717) is 11.5 Å². The lowest BCUT2D eigenvalue weighted by Crippen LogP contribution is -2.43.